The zero-order valence-electron chi connectivity index (χ0n) is 25.7. The van der Waals surface area contributed by atoms with E-state index in [1.54, 1.807) is 4.57 Å². The minimum absolute atomic E-state index is 0.00607. The van der Waals surface area contributed by atoms with Crippen molar-refractivity contribution in [2.24, 2.45) is 0 Å². The molecule has 2 atom stereocenters. The lowest BCUT2D eigenvalue weighted by Crippen LogP contribution is -2.43. The van der Waals surface area contributed by atoms with E-state index in [9.17, 15) is 4.79 Å². The molecular weight excluding hydrogens is 511 g/mol. The second-order valence-electron chi connectivity index (χ2n) is 14.9. The zero-order valence-corrected chi connectivity index (χ0v) is 27.7. The molecule has 38 heavy (non-hydrogen) atoms. The first-order valence-electron chi connectivity index (χ1n) is 13.8. The lowest BCUT2D eigenvalue weighted by molar-refractivity contribution is 0.0158. The molecular formula is C30H47NO5Si2. The van der Waals surface area contributed by atoms with Gasteiger partial charge in [-0.05, 0) is 63.1 Å². The lowest BCUT2D eigenvalue weighted by Gasteiger charge is -2.40. The van der Waals surface area contributed by atoms with Gasteiger partial charge in [-0.15, -0.1) is 0 Å². The first-order chi connectivity index (χ1) is 17.1. The summed E-state index contributed by atoms with van der Waals surface area (Å²) in [6, 6.07) is 8.02. The van der Waals surface area contributed by atoms with Crippen LogP contribution in [0.25, 0.3) is 10.9 Å². The second-order valence-corrected chi connectivity index (χ2v) is 24.3. The van der Waals surface area contributed by atoms with Crippen molar-refractivity contribution in [1.29, 1.82) is 0 Å². The highest BCUT2D eigenvalue weighted by Crippen LogP contribution is 2.53. The van der Waals surface area contributed by atoms with E-state index in [4.69, 9.17) is 18.3 Å². The number of ether oxygens (including phenoxy) is 2. The van der Waals surface area contributed by atoms with Crippen LogP contribution in [0.1, 0.15) is 79.7 Å². The monoisotopic (exact) mass is 557 g/mol. The molecule has 0 saturated heterocycles. The molecule has 0 aliphatic carbocycles. The summed E-state index contributed by atoms with van der Waals surface area (Å²) in [6.07, 6.45) is -0.582. The van der Waals surface area contributed by atoms with E-state index in [2.05, 4.69) is 73.8 Å². The Morgan fingerprint density at radius 2 is 1.39 bits per heavy atom. The first-order valence-corrected chi connectivity index (χ1v) is 19.6. The van der Waals surface area contributed by atoms with Gasteiger partial charge in [0.15, 0.2) is 5.76 Å². The molecule has 2 unspecified atom stereocenters. The van der Waals surface area contributed by atoms with Crippen molar-refractivity contribution < 1.29 is 23.1 Å². The molecule has 0 radical (unpaired) electrons. The fourth-order valence-electron chi connectivity index (χ4n) is 4.49. The van der Waals surface area contributed by atoms with Gasteiger partial charge in [-0.3, -0.25) is 0 Å². The van der Waals surface area contributed by atoms with Crippen LogP contribution in [0.4, 0.5) is 4.79 Å². The summed E-state index contributed by atoms with van der Waals surface area (Å²) >= 11 is 0. The number of carbonyl (C=O) groups is 1. The normalized spacial score (nSPS) is 20.6. The van der Waals surface area contributed by atoms with Crippen molar-refractivity contribution in [2.45, 2.75) is 123 Å². The van der Waals surface area contributed by atoms with E-state index in [1.165, 1.54) is 0 Å². The average Bonchev–Trinajstić information content (AvgIpc) is 3.19. The Hall–Kier alpha value is -2.04. The summed E-state index contributed by atoms with van der Waals surface area (Å²) in [5.74, 6) is 1.62. The molecule has 4 rings (SSSR count). The van der Waals surface area contributed by atoms with Crippen LogP contribution >= 0.6 is 0 Å². The summed E-state index contributed by atoms with van der Waals surface area (Å²) < 4.78 is 28.4. The highest BCUT2D eigenvalue weighted by atomic mass is 28.4. The van der Waals surface area contributed by atoms with Gasteiger partial charge >= 0.3 is 6.09 Å². The van der Waals surface area contributed by atoms with Gasteiger partial charge in [0.05, 0.1) is 5.52 Å². The number of hydrogen-bond donors (Lipinski definition) is 0. The Balaban J connectivity index is 1.92. The Bertz CT molecular complexity index is 1280. The van der Waals surface area contributed by atoms with Crippen LogP contribution in [0.15, 0.2) is 35.8 Å². The number of hydrogen-bond acceptors (Lipinski definition) is 5. The minimum Gasteiger partial charge on any atom is -0.542 e. The number of nitrogens with zero attached hydrogens (tertiary/aromatic N) is 1. The molecule has 2 aliphatic heterocycles. The van der Waals surface area contributed by atoms with E-state index in [0.717, 1.165) is 33.7 Å². The van der Waals surface area contributed by atoms with E-state index < -0.39 is 28.3 Å². The van der Waals surface area contributed by atoms with E-state index >= 15 is 0 Å². The summed E-state index contributed by atoms with van der Waals surface area (Å²) in [5.41, 5.74) is 2.14. The van der Waals surface area contributed by atoms with Gasteiger partial charge in [0.1, 0.15) is 23.6 Å². The molecule has 1 aromatic heterocycles. The molecule has 0 N–H and O–H groups in total. The number of rotatable bonds is 4. The molecule has 0 fully saturated rings. The molecule has 2 bridgehead atoms. The minimum atomic E-state index is -2.23. The number of aromatic nitrogens is 1. The van der Waals surface area contributed by atoms with E-state index in [-0.39, 0.29) is 22.3 Å². The van der Waals surface area contributed by atoms with Gasteiger partial charge in [0, 0.05) is 23.1 Å². The maximum absolute atomic E-state index is 13.6. The predicted octanol–water partition coefficient (Wildman–Crippen LogP) is 8.68. The van der Waals surface area contributed by atoms with Crippen LogP contribution in [-0.2, 0) is 24.7 Å². The van der Waals surface area contributed by atoms with Gasteiger partial charge < -0.3 is 18.3 Å². The summed E-state index contributed by atoms with van der Waals surface area (Å²) in [6.45, 7) is 28.2. The van der Waals surface area contributed by atoms with Crippen molar-refractivity contribution in [3.05, 3.63) is 47.0 Å². The molecule has 0 spiro atoms. The van der Waals surface area contributed by atoms with Gasteiger partial charge in [0.25, 0.3) is 0 Å². The second kappa shape index (κ2) is 8.99. The highest BCUT2D eigenvalue weighted by molar-refractivity contribution is 6.75. The molecule has 210 valence electrons. The van der Waals surface area contributed by atoms with Gasteiger partial charge in [-0.1, -0.05) is 59.7 Å². The van der Waals surface area contributed by atoms with Gasteiger partial charge in [0.2, 0.25) is 16.6 Å². The van der Waals surface area contributed by atoms with Crippen molar-refractivity contribution in [3.63, 3.8) is 0 Å². The third-order valence-corrected chi connectivity index (χ3v) is 17.3. The summed E-state index contributed by atoms with van der Waals surface area (Å²) in [7, 11) is -4.43. The standard InChI is InChI=1S/C30H47NO5Si2/c1-28(2,3)34-27(32)31-20-17-15-14-16-19(20)23-21(31)18-22-24(35-37(10,11)29(4,5)6)26(25(23)33-22)36-38(12,13)30(7,8)9/h14-17,22,25H,18H2,1-13H3. The van der Waals surface area contributed by atoms with Gasteiger partial charge in [-0.2, -0.15) is 0 Å². The number of fused-ring (bicyclic) bond motifs is 6. The summed E-state index contributed by atoms with van der Waals surface area (Å²) in [5, 5.41) is 1.01. The molecule has 3 heterocycles. The van der Waals surface area contributed by atoms with Crippen LogP contribution in [0, 0.1) is 0 Å². The van der Waals surface area contributed by atoms with Crippen LogP contribution in [-0.4, -0.2) is 39.0 Å². The Labute approximate surface area is 230 Å². The predicted molar refractivity (Wildman–Crippen MR) is 158 cm³/mol. The van der Waals surface area contributed by atoms with Crippen molar-refractivity contribution in [3.8, 4) is 0 Å². The zero-order chi connectivity index (χ0) is 28.6. The van der Waals surface area contributed by atoms with Crippen molar-refractivity contribution in [1.82, 2.24) is 4.57 Å². The highest BCUT2D eigenvalue weighted by Gasteiger charge is 2.52. The van der Waals surface area contributed by atoms with Gasteiger partial charge in [-0.25, -0.2) is 9.36 Å². The smallest absolute Gasteiger partial charge is 0.419 e. The molecule has 2 aromatic rings. The van der Waals surface area contributed by atoms with Crippen LogP contribution in [0.3, 0.4) is 0 Å². The quantitative estimate of drug-likeness (QED) is 0.352. The van der Waals surface area contributed by atoms with Crippen molar-refractivity contribution in [2.75, 3.05) is 0 Å². The maximum Gasteiger partial charge on any atom is 0.419 e. The van der Waals surface area contributed by atoms with Crippen LogP contribution in [0.5, 0.6) is 0 Å². The molecule has 0 saturated carbocycles. The average molecular weight is 558 g/mol. The number of carbonyl (C=O) groups excluding carboxylic acids is 1. The molecule has 0 amide bonds. The maximum atomic E-state index is 13.6. The molecule has 6 nitrogen and oxygen atoms in total. The van der Waals surface area contributed by atoms with E-state index in [0.29, 0.717) is 6.42 Å². The lowest BCUT2D eigenvalue weighted by atomic mass is 10.0. The SMILES string of the molecule is CC(C)(C)OC(=O)n1c2c(c3ccccc31)C1OC(C2)C(O[Si](C)(C)C(C)(C)C)=C1O[Si](C)(C)C(C)(C)C. The topological polar surface area (TPSA) is 58.9 Å². The molecule has 1 aromatic carbocycles. The third-order valence-electron chi connectivity index (χ3n) is 8.65. The fourth-order valence-corrected chi connectivity index (χ4v) is 6.65. The fraction of sp³-hybridized carbons (Fsp3) is 0.633. The first kappa shape index (κ1) is 29.0. The van der Waals surface area contributed by atoms with Crippen molar-refractivity contribution >= 4 is 33.6 Å². The van der Waals surface area contributed by atoms with Crippen LogP contribution < -0.4 is 0 Å². The molecule has 2 aliphatic rings. The van der Waals surface area contributed by atoms with Crippen LogP contribution in [0.2, 0.25) is 36.3 Å². The number of para-hydroxylation sites is 1. The van der Waals surface area contributed by atoms with E-state index in [1.807, 2.05) is 39.0 Å². The molecule has 8 heteroatoms. The Morgan fingerprint density at radius 3 is 1.92 bits per heavy atom. The Kier molecular flexibility index (Phi) is 6.85. The summed E-state index contributed by atoms with van der Waals surface area (Å²) in [4.78, 5) is 13.6. The third kappa shape index (κ3) is 4.99. The number of benzene rings is 1. The largest absolute Gasteiger partial charge is 0.542 e. The Morgan fingerprint density at radius 1 is 0.868 bits per heavy atom.